The van der Waals surface area contributed by atoms with Gasteiger partial charge in [-0.05, 0) is 23.8 Å². The van der Waals surface area contributed by atoms with Crippen LogP contribution in [0.5, 0.6) is 5.75 Å². The third-order valence-electron chi connectivity index (χ3n) is 3.57. The molecule has 0 aliphatic rings. The maximum absolute atomic E-state index is 12.7. The summed E-state index contributed by atoms with van der Waals surface area (Å²) in [6.45, 7) is 0.470. The first kappa shape index (κ1) is 15.7. The fourth-order valence-electron chi connectivity index (χ4n) is 2.37. The number of hydrogen-bond acceptors (Lipinski definition) is 2. The zero-order valence-electron chi connectivity index (χ0n) is 13.3. The molecular weight excluding hydrogens is 300 g/mol. The molecule has 1 aromatic heterocycles. The molecule has 0 aliphatic carbocycles. The van der Waals surface area contributed by atoms with Crippen molar-refractivity contribution in [1.29, 1.82) is 0 Å². The van der Waals surface area contributed by atoms with E-state index in [-0.39, 0.29) is 12.5 Å². The lowest BCUT2D eigenvalue weighted by Crippen LogP contribution is -2.37. The Labute approximate surface area is 141 Å². The summed E-state index contributed by atoms with van der Waals surface area (Å²) >= 11 is 0. The minimum absolute atomic E-state index is 0.0143. The average Bonchev–Trinajstić information content (AvgIpc) is 2.66. The van der Waals surface area contributed by atoms with Gasteiger partial charge < -0.3 is 4.74 Å². The largest absolute Gasteiger partial charge is 0.481 e. The molecule has 1 amide bonds. The summed E-state index contributed by atoms with van der Waals surface area (Å²) in [6.07, 6.45) is 1.80. The van der Waals surface area contributed by atoms with Crippen LogP contribution in [0, 0.1) is 0 Å². The Morgan fingerprint density at radius 1 is 0.875 bits per heavy atom. The minimum Gasteiger partial charge on any atom is -0.481 e. The van der Waals surface area contributed by atoms with Crippen LogP contribution in [0.4, 0.5) is 5.82 Å². The number of carbonyl (C=O) groups excluding carboxylic acids is 1. The van der Waals surface area contributed by atoms with E-state index in [4.69, 9.17) is 4.74 Å². The van der Waals surface area contributed by atoms with Crippen LogP contribution in [0.2, 0.25) is 0 Å². The molecular formula is C20H19N2O2+. The van der Waals surface area contributed by atoms with E-state index in [1.165, 1.54) is 0 Å². The molecule has 0 radical (unpaired) electrons. The lowest BCUT2D eigenvalue weighted by Gasteiger charge is -2.15. The van der Waals surface area contributed by atoms with Gasteiger partial charge in [0.15, 0.2) is 6.61 Å². The van der Waals surface area contributed by atoms with Crippen molar-refractivity contribution in [3.63, 3.8) is 0 Å². The Hall–Kier alpha value is -3.14. The number of para-hydroxylation sites is 1. The molecule has 4 nitrogen and oxygen atoms in total. The summed E-state index contributed by atoms with van der Waals surface area (Å²) in [4.78, 5) is 17.5. The van der Waals surface area contributed by atoms with Gasteiger partial charge in [-0.1, -0.05) is 54.6 Å². The fourth-order valence-corrected chi connectivity index (χ4v) is 2.37. The number of H-pyrrole nitrogens is 1. The predicted molar refractivity (Wildman–Crippen MR) is 92.6 cm³/mol. The van der Waals surface area contributed by atoms with Gasteiger partial charge >= 0.3 is 5.91 Å². The highest BCUT2D eigenvalue weighted by Gasteiger charge is 2.25. The number of hydrogen-bond donors (Lipinski definition) is 0. The average molecular weight is 319 g/mol. The minimum atomic E-state index is -0.106. The Kier molecular flexibility index (Phi) is 5.20. The zero-order chi connectivity index (χ0) is 16.6. The van der Waals surface area contributed by atoms with E-state index in [0.29, 0.717) is 12.3 Å². The van der Waals surface area contributed by atoms with Gasteiger partial charge in [-0.15, -0.1) is 0 Å². The van der Waals surface area contributed by atoms with Gasteiger partial charge in [0.05, 0.1) is 6.20 Å². The Bertz CT molecular complexity index is 761. The van der Waals surface area contributed by atoms with E-state index < -0.39 is 0 Å². The first-order valence-electron chi connectivity index (χ1n) is 7.82. The van der Waals surface area contributed by atoms with Gasteiger partial charge in [0.1, 0.15) is 12.3 Å². The number of carbonyl (C=O) groups is 1. The topological polar surface area (TPSA) is 43.7 Å². The third kappa shape index (κ3) is 4.20. The monoisotopic (exact) mass is 319 g/mol. The van der Waals surface area contributed by atoms with Crippen LogP contribution in [0.15, 0.2) is 85.1 Å². The van der Waals surface area contributed by atoms with Crippen molar-refractivity contribution in [2.45, 2.75) is 6.54 Å². The second kappa shape index (κ2) is 7.92. The number of pyridine rings is 1. The number of aromatic nitrogens is 1. The van der Waals surface area contributed by atoms with Crippen LogP contribution in [-0.2, 0) is 11.3 Å². The normalized spacial score (nSPS) is 10.2. The standard InChI is InChI=1S/C20H18N2O2/c23-20(16-24-18-11-5-2-6-12-18)22(19-13-7-8-14-21-19)15-17-9-3-1-4-10-17/h1-14H,15-16H2/p+1. The van der Waals surface area contributed by atoms with E-state index in [1.54, 1.807) is 11.1 Å². The highest BCUT2D eigenvalue weighted by molar-refractivity contribution is 5.92. The summed E-state index contributed by atoms with van der Waals surface area (Å²) in [6, 6.07) is 24.9. The summed E-state index contributed by atoms with van der Waals surface area (Å²) < 4.78 is 5.60. The summed E-state index contributed by atoms with van der Waals surface area (Å²) in [5.74, 6) is 1.32. The maximum atomic E-state index is 12.7. The number of nitrogens with zero attached hydrogens (tertiary/aromatic N) is 1. The molecule has 0 bridgehead atoms. The van der Waals surface area contributed by atoms with Crippen molar-refractivity contribution >= 4 is 11.7 Å². The van der Waals surface area contributed by atoms with Crippen molar-refractivity contribution in [2.24, 2.45) is 0 Å². The second-order valence-electron chi connectivity index (χ2n) is 5.32. The van der Waals surface area contributed by atoms with E-state index in [2.05, 4.69) is 4.98 Å². The smallest absolute Gasteiger partial charge is 0.347 e. The number of aromatic amines is 1. The van der Waals surface area contributed by atoms with Crippen molar-refractivity contribution < 1.29 is 14.5 Å². The van der Waals surface area contributed by atoms with E-state index >= 15 is 0 Å². The number of benzene rings is 2. The van der Waals surface area contributed by atoms with Gasteiger partial charge in [-0.25, -0.2) is 9.78 Å². The molecule has 24 heavy (non-hydrogen) atoms. The molecule has 2 aromatic carbocycles. The lowest BCUT2D eigenvalue weighted by atomic mass is 10.2. The third-order valence-corrected chi connectivity index (χ3v) is 3.57. The Morgan fingerprint density at radius 3 is 2.21 bits per heavy atom. The fraction of sp³-hybridized carbons (Fsp3) is 0.100. The van der Waals surface area contributed by atoms with Crippen LogP contribution in [0.3, 0.4) is 0 Å². The summed E-state index contributed by atoms with van der Waals surface area (Å²) in [5.41, 5.74) is 1.06. The number of nitrogens with one attached hydrogen (secondary N) is 1. The molecule has 3 rings (SSSR count). The first-order chi connectivity index (χ1) is 11.8. The van der Waals surface area contributed by atoms with Gasteiger partial charge in [0, 0.05) is 6.07 Å². The molecule has 0 atom stereocenters. The SMILES string of the molecule is O=C(COc1ccccc1)N(Cc1ccccc1)c1cccc[nH+]1. The molecule has 0 aliphatic heterocycles. The number of rotatable bonds is 6. The molecule has 3 aromatic rings. The van der Waals surface area contributed by atoms with E-state index in [9.17, 15) is 4.79 Å². The molecule has 0 spiro atoms. The molecule has 4 heteroatoms. The van der Waals surface area contributed by atoms with Gasteiger partial charge in [-0.3, -0.25) is 0 Å². The van der Waals surface area contributed by atoms with Crippen LogP contribution in [0.25, 0.3) is 0 Å². The van der Waals surface area contributed by atoms with Crippen LogP contribution in [0.1, 0.15) is 5.56 Å². The van der Waals surface area contributed by atoms with Crippen molar-refractivity contribution in [2.75, 3.05) is 11.5 Å². The zero-order valence-corrected chi connectivity index (χ0v) is 13.3. The lowest BCUT2D eigenvalue weighted by molar-refractivity contribution is -0.363. The second-order valence-corrected chi connectivity index (χ2v) is 5.32. The predicted octanol–water partition coefficient (Wildman–Crippen LogP) is 3.11. The van der Waals surface area contributed by atoms with Gasteiger partial charge in [0.25, 0.3) is 5.82 Å². The number of anilines is 1. The molecule has 1 heterocycles. The maximum Gasteiger partial charge on any atom is 0.347 e. The van der Waals surface area contributed by atoms with Crippen molar-refractivity contribution in [1.82, 2.24) is 0 Å². The van der Waals surface area contributed by atoms with Crippen LogP contribution >= 0.6 is 0 Å². The van der Waals surface area contributed by atoms with Gasteiger partial charge in [-0.2, -0.15) is 4.90 Å². The Morgan fingerprint density at radius 2 is 1.54 bits per heavy atom. The van der Waals surface area contributed by atoms with Crippen LogP contribution in [-0.4, -0.2) is 12.5 Å². The molecule has 1 N–H and O–H groups in total. The van der Waals surface area contributed by atoms with Crippen molar-refractivity contribution in [3.8, 4) is 5.75 Å². The summed E-state index contributed by atoms with van der Waals surface area (Å²) in [7, 11) is 0. The highest BCUT2D eigenvalue weighted by atomic mass is 16.5. The quantitative estimate of drug-likeness (QED) is 0.701. The molecule has 120 valence electrons. The number of amides is 1. The molecule has 0 fully saturated rings. The summed E-state index contributed by atoms with van der Waals surface area (Å²) in [5, 5.41) is 0. The molecule has 0 unspecified atom stereocenters. The van der Waals surface area contributed by atoms with Crippen molar-refractivity contribution in [3.05, 3.63) is 90.6 Å². The Balaban J connectivity index is 1.75. The van der Waals surface area contributed by atoms with E-state index in [0.717, 1.165) is 11.4 Å². The highest BCUT2D eigenvalue weighted by Crippen LogP contribution is 2.14. The van der Waals surface area contributed by atoms with Gasteiger partial charge in [0.2, 0.25) is 0 Å². The van der Waals surface area contributed by atoms with E-state index in [1.807, 2.05) is 78.9 Å². The van der Waals surface area contributed by atoms with Crippen LogP contribution < -0.4 is 14.6 Å². The first-order valence-corrected chi connectivity index (χ1v) is 7.82. The number of ether oxygens (including phenoxy) is 1. The molecule has 0 saturated carbocycles. The molecule has 0 saturated heterocycles.